The van der Waals surface area contributed by atoms with Crippen molar-refractivity contribution < 1.29 is 9.66 Å². The molecule has 2 rings (SSSR count). The molecule has 0 unspecified atom stereocenters. The third-order valence-corrected chi connectivity index (χ3v) is 3.30. The lowest BCUT2D eigenvalue weighted by molar-refractivity contribution is -0.386. The minimum Gasteiger partial charge on any atom is -0.430 e. The third kappa shape index (κ3) is 2.69. The highest BCUT2D eigenvalue weighted by Gasteiger charge is 2.20. The molecule has 7 nitrogen and oxygen atoms in total. The van der Waals surface area contributed by atoms with Crippen molar-refractivity contribution in [3.05, 3.63) is 44.7 Å². The Bertz CT molecular complexity index is 663. The van der Waals surface area contributed by atoms with Crippen LogP contribution in [0.15, 0.2) is 29.0 Å². The van der Waals surface area contributed by atoms with Crippen LogP contribution in [0.5, 0.6) is 11.6 Å². The van der Waals surface area contributed by atoms with Crippen LogP contribution in [0.4, 0.5) is 11.5 Å². The molecular weight excluding hydrogens is 328 g/mol. The number of hydrogen-bond acceptors (Lipinski definition) is 6. The van der Waals surface area contributed by atoms with Crippen molar-refractivity contribution in [3.8, 4) is 11.6 Å². The van der Waals surface area contributed by atoms with Crippen molar-refractivity contribution in [1.82, 2.24) is 9.97 Å². The smallest absolute Gasteiger partial charge is 0.314 e. The Balaban J connectivity index is 2.46. The predicted molar refractivity (Wildman–Crippen MR) is 77.2 cm³/mol. The van der Waals surface area contributed by atoms with Crippen LogP contribution in [-0.4, -0.2) is 21.9 Å². The van der Waals surface area contributed by atoms with Gasteiger partial charge in [-0.15, -0.1) is 0 Å². The average Bonchev–Trinajstić information content (AvgIpc) is 2.41. The van der Waals surface area contributed by atoms with E-state index in [1.54, 1.807) is 26.1 Å². The number of aromatic nitrogens is 2. The summed E-state index contributed by atoms with van der Waals surface area (Å²) in [5, 5.41) is 14.0. The maximum Gasteiger partial charge on any atom is 0.314 e. The maximum atomic E-state index is 11.1. The van der Waals surface area contributed by atoms with Crippen molar-refractivity contribution in [2.45, 2.75) is 6.92 Å². The first kappa shape index (κ1) is 14.2. The number of nitro groups is 1. The SMILES string of the molecule is CNc1ncnc(Oc2cccc(C)c2[N+](=O)[O-])c1Br. The van der Waals surface area contributed by atoms with Gasteiger partial charge in [0.1, 0.15) is 16.6 Å². The van der Waals surface area contributed by atoms with Gasteiger partial charge in [-0.1, -0.05) is 12.1 Å². The van der Waals surface area contributed by atoms with E-state index in [9.17, 15) is 10.1 Å². The fourth-order valence-electron chi connectivity index (χ4n) is 1.65. The predicted octanol–water partition coefficient (Wildman–Crippen LogP) is 3.29. The van der Waals surface area contributed by atoms with Crippen LogP contribution in [0.1, 0.15) is 5.56 Å². The number of nitro benzene ring substituents is 1. The van der Waals surface area contributed by atoms with Gasteiger partial charge in [0, 0.05) is 12.6 Å². The molecule has 0 saturated heterocycles. The number of rotatable bonds is 4. The molecule has 1 N–H and O–H groups in total. The average molecular weight is 339 g/mol. The van der Waals surface area contributed by atoms with Gasteiger partial charge in [-0.25, -0.2) is 9.97 Å². The lowest BCUT2D eigenvalue weighted by atomic mass is 10.2. The Morgan fingerprint density at radius 3 is 2.80 bits per heavy atom. The molecule has 0 bridgehead atoms. The van der Waals surface area contributed by atoms with E-state index < -0.39 is 4.92 Å². The van der Waals surface area contributed by atoms with Gasteiger partial charge in [0.2, 0.25) is 11.6 Å². The van der Waals surface area contributed by atoms with Gasteiger partial charge in [0.05, 0.1) is 4.92 Å². The van der Waals surface area contributed by atoms with Crippen LogP contribution in [0.3, 0.4) is 0 Å². The number of nitrogens with one attached hydrogen (secondary N) is 1. The zero-order chi connectivity index (χ0) is 14.7. The van der Waals surface area contributed by atoms with Crippen LogP contribution in [0.25, 0.3) is 0 Å². The summed E-state index contributed by atoms with van der Waals surface area (Å²) >= 11 is 3.30. The molecule has 104 valence electrons. The fraction of sp³-hybridized carbons (Fsp3) is 0.167. The number of aryl methyl sites for hydroxylation is 1. The van der Waals surface area contributed by atoms with Crippen LogP contribution in [0.2, 0.25) is 0 Å². The highest BCUT2D eigenvalue weighted by atomic mass is 79.9. The van der Waals surface area contributed by atoms with E-state index in [0.717, 1.165) is 0 Å². The van der Waals surface area contributed by atoms with Gasteiger partial charge < -0.3 is 10.1 Å². The number of para-hydroxylation sites is 1. The summed E-state index contributed by atoms with van der Waals surface area (Å²) in [6.07, 6.45) is 1.31. The second kappa shape index (κ2) is 5.83. The van der Waals surface area contributed by atoms with Crippen molar-refractivity contribution in [3.63, 3.8) is 0 Å². The Morgan fingerprint density at radius 1 is 1.40 bits per heavy atom. The monoisotopic (exact) mass is 338 g/mol. The highest BCUT2D eigenvalue weighted by molar-refractivity contribution is 9.10. The largest absolute Gasteiger partial charge is 0.430 e. The van der Waals surface area contributed by atoms with E-state index in [1.165, 1.54) is 12.4 Å². The second-order valence-electron chi connectivity index (χ2n) is 3.87. The molecule has 0 spiro atoms. The van der Waals surface area contributed by atoms with Crippen molar-refractivity contribution in [2.75, 3.05) is 12.4 Å². The molecule has 1 aromatic heterocycles. The minimum absolute atomic E-state index is 0.0796. The second-order valence-corrected chi connectivity index (χ2v) is 4.67. The number of halogens is 1. The molecule has 1 heterocycles. The Hall–Kier alpha value is -2.22. The number of ether oxygens (including phenoxy) is 1. The van der Waals surface area contributed by atoms with Crippen LogP contribution >= 0.6 is 15.9 Å². The first-order chi connectivity index (χ1) is 9.54. The molecule has 1 aromatic carbocycles. The molecule has 0 fully saturated rings. The van der Waals surface area contributed by atoms with Gasteiger partial charge in [0.15, 0.2) is 0 Å². The summed E-state index contributed by atoms with van der Waals surface area (Å²) in [5.41, 5.74) is 0.440. The Labute approximate surface area is 123 Å². The Morgan fingerprint density at radius 2 is 2.15 bits per heavy atom. The van der Waals surface area contributed by atoms with Crippen LogP contribution < -0.4 is 10.1 Å². The van der Waals surface area contributed by atoms with Crippen molar-refractivity contribution in [1.29, 1.82) is 0 Å². The summed E-state index contributed by atoms with van der Waals surface area (Å²) < 4.78 is 6.04. The first-order valence-corrected chi connectivity index (χ1v) is 6.44. The minimum atomic E-state index is -0.473. The summed E-state index contributed by atoms with van der Waals surface area (Å²) in [6.45, 7) is 1.65. The zero-order valence-corrected chi connectivity index (χ0v) is 12.3. The van der Waals surface area contributed by atoms with Gasteiger partial charge in [-0.2, -0.15) is 0 Å². The quantitative estimate of drug-likeness (QED) is 0.679. The standard InChI is InChI=1S/C12H11BrN4O3/c1-7-4-3-5-8(10(7)17(18)19)20-12-9(13)11(14-2)15-6-16-12/h3-6H,1-2H3,(H,14,15,16). The van der Waals surface area contributed by atoms with Gasteiger partial charge in [0.25, 0.3) is 0 Å². The zero-order valence-electron chi connectivity index (χ0n) is 10.8. The van der Waals surface area contributed by atoms with Crippen LogP contribution in [-0.2, 0) is 0 Å². The number of nitrogens with zero attached hydrogens (tertiary/aromatic N) is 3. The highest BCUT2D eigenvalue weighted by Crippen LogP contribution is 2.37. The maximum absolute atomic E-state index is 11.1. The lowest BCUT2D eigenvalue weighted by Gasteiger charge is -2.09. The number of anilines is 1. The van der Waals surface area contributed by atoms with Crippen molar-refractivity contribution in [2.24, 2.45) is 0 Å². The fourth-order valence-corrected chi connectivity index (χ4v) is 2.14. The van der Waals surface area contributed by atoms with E-state index in [4.69, 9.17) is 4.74 Å². The first-order valence-electron chi connectivity index (χ1n) is 5.64. The molecule has 0 aliphatic heterocycles. The molecule has 0 aliphatic rings. The summed E-state index contributed by atoms with van der Waals surface area (Å²) in [5.74, 6) is 0.875. The number of benzene rings is 1. The summed E-state index contributed by atoms with van der Waals surface area (Å²) in [7, 11) is 1.70. The topological polar surface area (TPSA) is 90.2 Å². The normalized spacial score (nSPS) is 10.2. The van der Waals surface area contributed by atoms with E-state index >= 15 is 0 Å². The molecule has 0 saturated carbocycles. The third-order valence-electron chi connectivity index (χ3n) is 2.58. The van der Waals surface area contributed by atoms with Crippen LogP contribution in [0, 0.1) is 17.0 Å². The molecule has 0 amide bonds. The molecule has 0 atom stereocenters. The van der Waals surface area contributed by atoms with Crippen molar-refractivity contribution >= 4 is 27.4 Å². The molecule has 8 heteroatoms. The molecular formula is C12H11BrN4O3. The molecule has 0 aliphatic carbocycles. The van der Waals surface area contributed by atoms with E-state index in [1.807, 2.05) is 0 Å². The van der Waals surface area contributed by atoms with Gasteiger partial charge in [-0.05, 0) is 28.9 Å². The molecule has 0 radical (unpaired) electrons. The summed E-state index contributed by atoms with van der Waals surface area (Å²) in [6, 6.07) is 4.86. The van der Waals surface area contributed by atoms with E-state index in [-0.39, 0.29) is 17.3 Å². The van der Waals surface area contributed by atoms with Gasteiger partial charge in [-0.3, -0.25) is 10.1 Å². The van der Waals surface area contributed by atoms with E-state index in [2.05, 4.69) is 31.2 Å². The Kier molecular flexibility index (Phi) is 4.14. The lowest BCUT2D eigenvalue weighted by Crippen LogP contribution is -2.00. The summed E-state index contributed by atoms with van der Waals surface area (Å²) in [4.78, 5) is 18.6. The molecule has 2 aromatic rings. The number of hydrogen-bond donors (Lipinski definition) is 1. The van der Waals surface area contributed by atoms with E-state index in [0.29, 0.717) is 15.9 Å². The van der Waals surface area contributed by atoms with Gasteiger partial charge >= 0.3 is 5.69 Å². The molecule has 20 heavy (non-hydrogen) atoms.